The van der Waals surface area contributed by atoms with Crippen molar-refractivity contribution in [2.75, 3.05) is 5.75 Å². The number of hydrogen-bond acceptors (Lipinski definition) is 2. The molecular weight excluding hydrogens is 431 g/mol. The maximum atomic E-state index is 10.4. The van der Waals surface area contributed by atoms with Gasteiger partial charge in [0.2, 0.25) is 0 Å². The number of unbranched alkanes of at least 4 members (excludes halogenated alkanes) is 9. The fraction of sp³-hybridized carbons (Fsp3) is 1.00. The van der Waals surface area contributed by atoms with Crippen molar-refractivity contribution in [1.82, 2.24) is 0 Å². The second kappa shape index (κ2) is 13.3. The first-order valence-corrected chi connectivity index (χ1v) is 8.12. The van der Waals surface area contributed by atoms with Gasteiger partial charge >= 0.3 is 0 Å². The molecule has 0 saturated heterocycles. The smallest absolute Gasteiger partial charge is 0.264 e. The first kappa shape index (κ1) is 20.2. The van der Waals surface area contributed by atoms with Crippen LogP contribution in [0.1, 0.15) is 71.1 Å². The predicted octanol–water partition coefficient (Wildman–Crippen LogP) is 3.41. The summed E-state index contributed by atoms with van der Waals surface area (Å²) in [6.45, 7) is 2.22. The van der Waals surface area contributed by atoms with Crippen LogP contribution in [0, 0.1) is 0 Å². The Labute approximate surface area is 127 Å². The Kier molecular flexibility index (Phi) is 15.7. The summed E-state index contributed by atoms with van der Waals surface area (Å²) in [4.78, 5) is 0. The van der Waals surface area contributed by atoms with Gasteiger partial charge in [0.05, 0.1) is 5.75 Å². The minimum atomic E-state index is -3.73. The summed E-state index contributed by atoms with van der Waals surface area (Å²) in [5.41, 5.74) is 0. The maximum absolute atomic E-state index is 10.4. The van der Waals surface area contributed by atoms with Crippen molar-refractivity contribution < 1.29 is 13.0 Å². The third kappa shape index (κ3) is 19.4. The summed E-state index contributed by atoms with van der Waals surface area (Å²) in [7, 11) is -3.73. The molecule has 0 spiro atoms. The van der Waals surface area contributed by atoms with Crippen LogP contribution in [0.3, 0.4) is 0 Å². The van der Waals surface area contributed by atoms with E-state index in [4.69, 9.17) is 4.55 Å². The summed E-state index contributed by atoms with van der Waals surface area (Å²) < 4.78 is 29.4. The van der Waals surface area contributed by atoms with E-state index in [0.29, 0.717) is 6.42 Å². The maximum Gasteiger partial charge on any atom is 0.264 e. The van der Waals surface area contributed by atoms with E-state index in [9.17, 15) is 8.42 Å². The first-order valence-electron chi connectivity index (χ1n) is 6.51. The normalized spacial score (nSPS) is 11.2. The van der Waals surface area contributed by atoms with Crippen molar-refractivity contribution in [3.05, 3.63) is 0 Å². The molecule has 0 bridgehead atoms. The predicted molar refractivity (Wildman–Crippen MR) is 74.0 cm³/mol. The average molecular weight is 458 g/mol. The molecule has 0 aliphatic heterocycles. The Balaban J connectivity index is 0. The largest absolute Gasteiger partial charge is 0.286 e. The molecule has 1 N–H and O–H groups in total. The molecule has 0 rings (SSSR count). The van der Waals surface area contributed by atoms with Crippen molar-refractivity contribution in [2.45, 2.75) is 71.1 Å². The fourth-order valence-electron chi connectivity index (χ4n) is 1.77. The number of rotatable bonds is 11. The van der Waals surface area contributed by atoms with Gasteiger partial charge in [-0.25, -0.2) is 0 Å². The fourth-order valence-corrected chi connectivity index (χ4v) is 2.34. The second-order valence-corrected chi connectivity index (χ2v) is 6.04. The first-order chi connectivity index (χ1) is 7.56. The van der Waals surface area contributed by atoms with Crippen molar-refractivity contribution in [3.8, 4) is 0 Å². The van der Waals surface area contributed by atoms with Crippen LogP contribution in [0.5, 0.6) is 0 Å². The van der Waals surface area contributed by atoms with Gasteiger partial charge in [-0.1, -0.05) is 64.7 Å². The van der Waals surface area contributed by atoms with Crippen LogP contribution in [-0.2, 0) is 10.1 Å². The van der Waals surface area contributed by atoms with E-state index >= 15 is 0 Å². The zero-order chi connectivity index (χ0) is 12.3. The van der Waals surface area contributed by atoms with Crippen LogP contribution in [-0.4, -0.2) is 46.0 Å². The Morgan fingerprint density at radius 2 is 1.12 bits per heavy atom. The standard InChI is InChI=1S/C12H26O3S.Pb/c1-2-3-4-5-6-7-8-9-10-11-12-16(13,14)15;/h2-12H2,1H3,(H,13,14,15);. The molecule has 0 heterocycles. The van der Waals surface area contributed by atoms with E-state index in [1.807, 2.05) is 0 Å². The van der Waals surface area contributed by atoms with Crippen molar-refractivity contribution >= 4 is 37.4 Å². The summed E-state index contributed by atoms with van der Waals surface area (Å²) in [6.07, 6.45) is 11.7. The summed E-state index contributed by atoms with van der Waals surface area (Å²) in [5, 5.41) is 0. The van der Waals surface area contributed by atoms with Crippen LogP contribution < -0.4 is 0 Å². The zero-order valence-corrected chi connectivity index (χ0v) is 15.7. The average Bonchev–Trinajstić information content (AvgIpc) is 2.19. The summed E-state index contributed by atoms with van der Waals surface area (Å²) >= 11 is 0. The summed E-state index contributed by atoms with van der Waals surface area (Å²) in [6, 6.07) is 0. The van der Waals surface area contributed by atoms with Gasteiger partial charge in [-0.15, -0.1) is 0 Å². The Bertz CT molecular complexity index is 240. The molecule has 0 unspecified atom stereocenters. The molecule has 0 aromatic carbocycles. The number of hydrogen-bond donors (Lipinski definition) is 1. The minimum Gasteiger partial charge on any atom is -0.286 e. The molecule has 0 fully saturated rings. The third-order valence-corrected chi connectivity index (χ3v) is 3.56. The van der Waals surface area contributed by atoms with E-state index < -0.39 is 10.1 Å². The second-order valence-electron chi connectivity index (χ2n) is 4.47. The molecule has 5 heteroatoms. The van der Waals surface area contributed by atoms with Gasteiger partial charge in [-0.05, 0) is 6.42 Å². The van der Waals surface area contributed by atoms with Crippen LogP contribution in [0.2, 0.25) is 0 Å². The Morgan fingerprint density at radius 3 is 1.47 bits per heavy atom. The van der Waals surface area contributed by atoms with E-state index in [0.717, 1.165) is 12.8 Å². The van der Waals surface area contributed by atoms with Crippen molar-refractivity contribution in [2.24, 2.45) is 0 Å². The van der Waals surface area contributed by atoms with Gasteiger partial charge in [-0.2, -0.15) is 8.42 Å². The molecular formula is C12H26O3PbS. The van der Waals surface area contributed by atoms with Gasteiger partial charge in [0.25, 0.3) is 10.1 Å². The minimum absolute atomic E-state index is 0. The molecule has 0 aromatic rings. The Morgan fingerprint density at radius 1 is 0.765 bits per heavy atom. The van der Waals surface area contributed by atoms with E-state index in [-0.39, 0.29) is 33.1 Å². The van der Waals surface area contributed by atoms with Crippen LogP contribution in [0.25, 0.3) is 0 Å². The molecule has 0 aliphatic rings. The third-order valence-electron chi connectivity index (χ3n) is 2.76. The van der Waals surface area contributed by atoms with Gasteiger partial charge in [0, 0.05) is 27.3 Å². The van der Waals surface area contributed by atoms with Crippen molar-refractivity contribution in [1.29, 1.82) is 0 Å². The van der Waals surface area contributed by atoms with Crippen molar-refractivity contribution in [3.63, 3.8) is 0 Å². The van der Waals surface area contributed by atoms with E-state index in [2.05, 4.69) is 6.92 Å². The van der Waals surface area contributed by atoms with Gasteiger partial charge in [-0.3, -0.25) is 4.55 Å². The van der Waals surface area contributed by atoms with Crippen LogP contribution >= 0.6 is 0 Å². The topological polar surface area (TPSA) is 54.4 Å². The van der Waals surface area contributed by atoms with E-state index in [1.54, 1.807) is 0 Å². The monoisotopic (exact) mass is 458 g/mol. The molecule has 102 valence electrons. The van der Waals surface area contributed by atoms with Crippen LogP contribution in [0.15, 0.2) is 0 Å². The molecule has 0 saturated carbocycles. The van der Waals surface area contributed by atoms with Gasteiger partial charge in [0.15, 0.2) is 0 Å². The SMILES string of the molecule is CCCCCCCCCCCCS(=O)(=O)O.[Pb]. The van der Waals surface area contributed by atoms with Gasteiger partial charge < -0.3 is 0 Å². The molecule has 0 amide bonds. The molecule has 17 heavy (non-hydrogen) atoms. The van der Waals surface area contributed by atoms with E-state index in [1.165, 1.54) is 44.9 Å². The quantitative estimate of drug-likeness (QED) is 0.294. The zero-order valence-electron chi connectivity index (χ0n) is 11.0. The molecule has 4 radical (unpaired) electrons. The molecule has 0 atom stereocenters. The molecule has 0 aliphatic carbocycles. The summed E-state index contributed by atoms with van der Waals surface area (Å²) in [5.74, 6) is -0.0799. The van der Waals surface area contributed by atoms with Crippen LogP contribution in [0.4, 0.5) is 0 Å². The molecule has 3 nitrogen and oxygen atoms in total. The van der Waals surface area contributed by atoms with Gasteiger partial charge in [0.1, 0.15) is 0 Å². The Hall–Kier alpha value is 0.832. The molecule has 0 aromatic heterocycles.